The smallest absolute Gasteiger partial charge is 0.326 e. The summed E-state index contributed by atoms with van der Waals surface area (Å²) in [7, 11) is 0. The van der Waals surface area contributed by atoms with Gasteiger partial charge in [0.1, 0.15) is 18.2 Å². The van der Waals surface area contributed by atoms with Gasteiger partial charge in [-0.15, -0.1) is 0 Å². The van der Waals surface area contributed by atoms with E-state index in [0.29, 0.717) is 17.5 Å². The first-order valence-electron chi connectivity index (χ1n) is 11.1. The predicted molar refractivity (Wildman–Crippen MR) is 129 cm³/mol. The third kappa shape index (κ3) is 9.01. The van der Waals surface area contributed by atoms with E-state index < -0.39 is 36.4 Å². The summed E-state index contributed by atoms with van der Waals surface area (Å²) in [6, 6.07) is 13.3. The lowest BCUT2D eigenvalue weighted by Crippen LogP contribution is -2.52. The van der Waals surface area contributed by atoms with Crippen molar-refractivity contribution in [3.63, 3.8) is 0 Å². The van der Waals surface area contributed by atoms with Crippen LogP contribution < -0.4 is 16.4 Å². The number of nitrogens with two attached hydrogens (primary N) is 1. The summed E-state index contributed by atoms with van der Waals surface area (Å²) in [5, 5.41) is 31.7. The molecule has 0 aromatic heterocycles. The summed E-state index contributed by atoms with van der Waals surface area (Å²) in [6.45, 7) is 0.176. The average Bonchev–Trinajstić information content (AvgIpc) is 2.83. The topological polar surface area (TPSA) is 183 Å². The molecule has 0 heterocycles. The summed E-state index contributed by atoms with van der Waals surface area (Å²) in [4.78, 5) is 46.9. The molecule has 0 radical (unpaired) electrons. The summed E-state index contributed by atoms with van der Waals surface area (Å²) in [5.41, 5.74) is 7.57. The second kappa shape index (κ2) is 13.6. The summed E-state index contributed by atoms with van der Waals surface area (Å²) in [5.74, 6) is -3.50. The fourth-order valence-corrected chi connectivity index (χ4v) is 3.63. The van der Waals surface area contributed by atoms with E-state index in [0.717, 1.165) is 11.8 Å². The lowest BCUT2D eigenvalue weighted by Gasteiger charge is -2.24. The van der Waals surface area contributed by atoms with E-state index in [9.17, 15) is 29.4 Å². The van der Waals surface area contributed by atoms with Gasteiger partial charge in [0.25, 0.3) is 0 Å². The van der Waals surface area contributed by atoms with Gasteiger partial charge in [-0.1, -0.05) is 54.6 Å². The highest BCUT2D eigenvalue weighted by Crippen LogP contribution is 2.21. The van der Waals surface area contributed by atoms with Crippen molar-refractivity contribution in [2.24, 2.45) is 5.73 Å². The molecule has 7 N–H and O–H groups in total. The molecule has 0 fully saturated rings. The van der Waals surface area contributed by atoms with Crippen LogP contribution >= 0.6 is 0 Å². The molecule has 0 aliphatic rings. The first-order chi connectivity index (χ1) is 16.7. The number of hydrogen-bond donors (Lipinski definition) is 6. The van der Waals surface area contributed by atoms with Crippen LogP contribution in [0.25, 0.3) is 0 Å². The molecule has 10 nitrogen and oxygen atoms in total. The number of carboxylic acids is 2. The molecule has 0 saturated carbocycles. The number of aldehydes is 1. The largest absolute Gasteiger partial charge is 0.481 e. The highest BCUT2D eigenvalue weighted by atomic mass is 16.4. The maximum Gasteiger partial charge on any atom is 0.326 e. The fourth-order valence-electron chi connectivity index (χ4n) is 3.63. The van der Waals surface area contributed by atoms with Crippen LogP contribution in [0.1, 0.15) is 41.9 Å². The Balaban J connectivity index is 2.13. The summed E-state index contributed by atoms with van der Waals surface area (Å²) >= 11 is 0. The molecule has 0 saturated heterocycles. The van der Waals surface area contributed by atoms with Crippen molar-refractivity contribution in [1.29, 1.82) is 5.41 Å². The number of rotatable bonds is 15. The fraction of sp³-hybridized carbons (Fsp3) is 0.320. The van der Waals surface area contributed by atoms with Crippen LogP contribution in [0.3, 0.4) is 0 Å². The molecule has 1 amide bonds. The van der Waals surface area contributed by atoms with Crippen LogP contribution in [0.15, 0.2) is 54.6 Å². The van der Waals surface area contributed by atoms with Crippen molar-refractivity contribution in [2.75, 3.05) is 6.54 Å². The molecule has 10 heteroatoms. The molecule has 0 aliphatic heterocycles. The summed E-state index contributed by atoms with van der Waals surface area (Å²) in [6.07, 6.45) is 0.983. The van der Waals surface area contributed by atoms with Gasteiger partial charge in [-0.3, -0.25) is 15.0 Å². The van der Waals surface area contributed by atoms with Crippen molar-refractivity contribution in [3.8, 4) is 0 Å². The van der Waals surface area contributed by atoms with E-state index in [2.05, 4.69) is 10.6 Å². The van der Waals surface area contributed by atoms with E-state index >= 15 is 0 Å². The Labute approximate surface area is 203 Å². The van der Waals surface area contributed by atoms with Crippen LogP contribution in [0.5, 0.6) is 0 Å². The van der Waals surface area contributed by atoms with Crippen molar-refractivity contribution in [1.82, 2.24) is 10.6 Å². The highest BCUT2D eigenvalue weighted by Gasteiger charge is 2.28. The Morgan fingerprint density at radius 3 is 2.20 bits per heavy atom. The van der Waals surface area contributed by atoms with Gasteiger partial charge in [-0.25, -0.2) is 4.79 Å². The van der Waals surface area contributed by atoms with Gasteiger partial charge in [0.05, 0.1) is 12.5 Å². The number of carboxylic acid groups (broad SMARTS) is 2. The number of benzene rings is 2. The van der Waals surface area contributed by atoms with Crippen LogP contribution in [0.4, 0.5) is 0 Å². The van der Waals surface area contributed by atoms with Gasteiger partial charge >= 0.3 is 11.9 Å². The maximum absolute atomic E-state index is 12.9. The number of amidine groups is 1. The Kier molecular flexibility index (Phi) is 10.6. The molecule has 2 aromatic rings. The normalized spacial score (nSPS) is 13.3. The van der Waals surface area contributed by atoms with Crippen LogP contribution in [-0.4, -0.2) is 58.8 Å². The molecule has 0 spiro atoms. The second-order valence-electron chi connectivity index (χ2n) is 8.12. The molecule has 186 valence electrons. The van der Waals surface area contributed by atoms with Crippen molar-refractivity contribution in [3.05, 3.63) is 71.3 Å². The minimum atomic E-state index is -1.23. The van der Waals surface area contributed by atoms with E-state index in [1.807, 2.05) is 0 Å². The lowest BCUT2D eigenvalue weighted by atomic mass is 9.93. The number of nitrogen functional groups attached to an aromatic ring is 1. The van der Waals surface area contributed by atoms with E-state index in [1.165, 1.54) is 0 Å². The van der Waals surface area contributed by atoms with Crippen LogP contribution in [-0.2, 0) is 25.6 Å². The number of hydrogen-bond acceptors (Lipinski definition) is 6. The van der Waals surface area contributed by atoms with Gasteiger partial charge in [-0.2, -0.15) is 0 Å². The SMILES string of the molecule is N=C(N)c1ccc(C(CCC=O)CN[C@@H](CC(=O)O)C(=O)N[C@@H](Cc2ccccc2)C(=O)O)cc1. The molecule has 2 rings (SSSR count). The number of aliphatic carboxylic acids is 2. The highest BCUT2D eigenvalue weighted by molar-refractivity contribution is 5.94. The number of amides is 1. The Morgan fingerprint density at radius 1 is 1.00 bits per heavy atom. The second-order valence-corrected chi connectivity index (χ2v) is 8.12. The van der Waals surface area contributed by atoms with E-state index in [1.54, 1.807) is 54.6 Å². The zero-order valence-electron chi connectivity index (χ0n) is 19.1. The quantitative estimate of drug-likeness (QED) is 0.125. The minimum Gasteiger partial charge on any atom is -0.481 e. The third-order valence-electron chi connectivity index (χ3n) is 5.53. The Morgan fingerprint density at radius 2 is 1.66 bits per heavy atom. The minimum absolute atomic E-state index is 0.0478. The van der Waals surface area contributed by atoms with Crippen molar-refractivity contribution < 1.29 is 29.4 Å². The monoisotopic (exact) mass is 482 g/mol. The van der Waals surface area contributed by atoms with Crippen LogP contribution in [0.2, 0.25) is 0 Å². The summed E-state index contributed by atoms with van der Waals surface area (Å²) < 4.78 is 0. The number of nitrogens with one attached hydrogen (secondary N) is 3. The van der Waals surface area contributed by atoms with Crippen molar-refractivity contribution >= 4 is 30.0 Å². The van der Waals surface area contributed by atoms with Gasteiger partial charge in [-0.05, 0) is 23.5 Å². The predicted octanol–water partition coefficient (Wildman–Crippen LogP) is 1.28. The van der Waals surface area contributed by atoms with Crippen LogP contribution in [0, 0.1) is 5.41 Å². The van der Waals surface area contributed by atoms with E-state index in [4.69, 9.17) is 11.1 Å². The molecule has 35 heavy (non-hydrogen) atoms. The molecule has 3 atom stereocenters. The molecular weight excluding hydrogens is 452 g/mol. The Hall–Kier alpha value is -4.05. The first kappa shape index (κ1) is 27.2. The number of carbonyl (C=O) groups excluding carboxylic acids is 2. The molecule has 1 unspecified atom stereocenters. The van der Waals surface area contributed by atoms with Crippen molar-refractivity contribution in [2.45, 2.75) is 43.7 Å². The maximum atomic E-state index is 12.9. The lowest BCUT2D eigenvalue weighted by molar-refractivity contribution is -0.143. The Bertz CT molecular complexity index is 1030. The molecule has 2 aromatic carbocycles. The van der Waals surface area contributed by atoms with Gasteiger partial charge in [0.15, 0.2) is 0 Å². The zero-order chi connectivity index (χ0) is 25.8. The number of carbonyl (C=O) groups is 4. The van der Waals surface area contributed by atoms with Gasteiger partial charge < -0.3 is 31.4 Å². The molecular formula is C25H30N4O6. The van der Waals surface area contributed by atoms with E-state index in [-0.39, 0.29) is 31.1 Å². The van der Waals surface area contributed by atoms with Gasteiger partial charge in [0, 0.05) is 24.9 Å². The first-order valence-corrected chi connectivity index (χ1v) is 11.1. The molecule has 0 bridgehead atoms. The third-order valence-corrected chi connectivity index (χ3v) is 5.53. The zero-order valence-corrected chi connectivity index (χ0v) is 19.1. The van der Waals surface area contributed by atoms with Gasteiger partial charge in [0.2, 0.25) is 5.91 Å². The molecule has 0 aliphatic carbocycles. The standard InChI is InChI=1S/C25H30N4O6/c26-23(27)18-10-8-17(9-11-18)19(7-4-12-30)15-28-20(14-22(31)32)24(33)29-21(25(34)35)13-16-5-2-1-3-6-16/h1-3,5-6,8-12,19-21,28H,4,7,13-15H2,(H3,26,27)(H,29,33)(H,31,32)(H,34,35)/t19?,20-,21-/m0/s1. The average molecular weight is 483 g/mol.